The lowest BCUT2D eigenvalue weighted by Gasteiger charge is -2.25. The first-order chi connectivity index (χ1) is 14.3. The number of carbonyl (C=O) groups is 3. The minimum absolute atomic E-state index is 0.0450. The Kier molecular flexibility index (Phi) is 6.10. The maximum Gasteiger partial charge on any atom is 0.326 e. The summed E-state index contributed by atoms with van der Waals surface area (Å²) in [4.78, 5) is 48.8. The third-order valence-electron chi connectivity index (χ3n) is 4.81. The summed E-state index contributed by atoms with van der Waals surface area (Å²) in [5.41, 5.74) is 1.67. The Hall–Kier alpha value is -3.75. The van der Waals surface area contributed by atoms with E-state index in [2.05, 4.69) is 5.32 Å². The number of benzene rings is 2. The Morgan fingerprint density at radius 2 is 1.97 bits per heavy atom. The molecule has 30 heavy (non-hydrogen) atoms. The van der Waals surface area contributed by atoms with Crippen LogP contribution in [0.25, 0.3) is 0 Å². The van der Waals surface area contributed by atoms with Crippen molar-refractivity contribution in [1.29, 1.82) is 0 Å². The van der Waals surface area contributed by atoms with Gasteiger partial charge >= 0.3 is 5.97 Å². The predicted octanol–water partition coefficient (Wildman–Crippen LogP) is 2.23. The molecule has 2 aromatic rings. The SMILES string of the molecule is C[C@@H]1Cc2ccccc2N1C(=O)[C@@H](C)OC(=O)CNC(=O)c1cccc([N+](=O)[O-])c1. The number of esters is 1. The van der Waals surface area contributed by atoms with Crippen LogP contribution >= 0.6 is 0 Å². The molecule has 0 saturated carbocycles. The second kappa shape index (κ2) is 8.73. The monoisotopic (exact) mass is 411 g/mol. The molecule has 156 valence electrons. The lowest BCUT2D eigenvalue weighted by atomic mass is 10.1. The van der Waals surface area contributed by atoms with Gasteiger partial charge in [0.25, 0.3) is 17.5 Å². The molecule has 1 aliphatic heterocycles. The summed E-state index contributed by atoms with van der Waals surface area (Å²) in [5, 5.41) is 13.1. The number of para-hydroxylation sites is 1. The number of nitro groups is 1. The van der Waals surface area contributed by atoms with Crippen molar-refractivity contribution in [2.75, 3.05) is 11.4 Å². The normalized spacial score (nSPS) is 15.8. The average Bonchev–Trinajstić information content (AvgIpc) is 3.07. The standard InChI is InChI=1S/C21H21N3O6/c1-13-10-15-6-3-4-9-18(15)23(13)21(27)14(2)30-19(25)12-22-20(26)16-7-5-8-17(11-16)24(28)29/h3-9,11,13-14H,10,12H2,1-2H3,(H,22,26)/t13-,14-/m1/s1. The zero-order valence-corrected chi connectivity index (χ0v) is 16.5. The van der Waals surface area contributed by atoms with E-state index < -0.39 is 29.4 Å². The number of nitrogens with zero attached hydrogens (tertiary/aromatic N) is 2. The van der Waals surface area contributed by atoms with E-state index in [9.17, 15) is 24.5 Å². The Bertz CT molecular complexity index is 1010. The molecule has 9 heteroatoms. The average molecular weight is 411 g/mol. The van der Waals surface area contributed by atoms with Crippen molar-refractivity contribution >= 4 is 29.2 Å². The molecule has 1 heterocycles. The second-order valence-electron chi connectivity index (χ2n) is 7.01. The molecule has 0 bridgehead atoms. The minimum Gasteiger partial charge on any atom is -0.451 e. The van der Waals surface area contributed by atoms with E-state index in [1.807, 2.05) is 31.2 Å². The highest BCUT2D eigenvalue weighted by Gasteiger charge is 2.34. The van der Waals surface area contributed by atoms with Crippen molar-refractivity contribution in [1.82, 2.24) is 5.32 Å². The van der Waals surface area contributed by atoms with Gasteiger partial charge in [0.05, 0.1) is 4.92 Å². The number of amides is 2. The maximum absolute atomic E-state index is 12.8. The Labute approximate surface area is 172 Å². The summed E-state index contributed by atoms with van der Waals surface area (Å²) in [7, 11) is 0. The number of hydrogen-bond acceptors (Lipinski definition) is 6. The van der Waals surface area contributed by atoms with Gasteiger partial charge in [0.1, 0.15) is 6.54 Å². The molecule has 1 aliphatic rings. The molecule has 0 unspecified atom stereocenters. The summed E-state index contributed by atoms with van der Waals surface area (Å²) < 4.78 is 5.18. The molecular formula is C21H21N3O6. The third kappa shape index (κ3) is 4.45. The zero-order valence-electron chi connectivity index (χ0n) is 16.5. The van der Waals surface area contributed by atoms with Gasteiger partial charge in [-0.05, 0) is 38.0 Å². The van der Waals surface area contributed by atoms with Gasteiger partial charge in [0.15, 0.2) is 6.10 Å². The number of ether oxygens (including phenoxy) is 1. The number of fused-ring (bicyclic) bond motifs is 1. The Balaban J connectivity index is 1.56. The van der Waals surface area contributed by atoms with Gasteiger partial charge < -0.3 is 15.0 Å². The van der Waals surface area contributed by atoms with Gasteiger partial charge in [0, 0.05) is 29.4 Å². The van der Waals surface area contributed by atoms with Crippen LogP contribution in [0.2, 0.25) is 0 Å². The first kappa shape index (κ1) is 21.0. The molecule has 0 radical (unpaired) electrons. The molecular weight excluding hydrogens is 390 g/mol. The number of non-ortho nitro benzene ring substituents is 1. The van der Waals surface area contributed by atoms with E-state index in [0.29, 0.717) is 0 Å². The highest BCUT2D eigenvalue weighted by molar-refractivity contribution is 6.00. The predicted molar refractivity (Wildman–Crippen MR) is 108 cm³/mol. The first-order valence-corrected chi connectivity index (χ1v) is 9.41. The van der Waals surface area contributed by atoms with Crippen LogP contribution in [0, 0.1) is 10.1 Å². The van der Waals surface area contributed by atoms with Crippen molar-refractivity contribution in [2.45, 2.75) is 32.4 Å². The van der Waals surface area contributed by atoms with Crippen LogP contribution < -0.4 is 10.2 Å². The van der Waals surface area contributed by atoms with Crippen LogP contribution in [0.3, 0.4) is 0 Å². The van der Waals surface area contributed by atoms with E-state index in [4.69, 9.17) is 4.74 Å². The van der Waals surface area contributed by atoms with Gasteiger partial charge in [-0.1, -0.05) is 24.3 Å². The van der Waals surface area contributed by atoms with Gasteiger partial charge in [-0.2, -0.15) is 0 Å². The van der Waals surface area contributed by atoms with E-state index in [1.54, 1.807) is 4.90 Å². The van der Waals surface area contributed by atoms with Crippen LogP contribution in [0.15, 0.2) is 48.5 Å². The molecule has 2 aromatic carbocycles. The Morgan fingerprint density at radius 1 is 1.23 bits per heavy atom. The summed E-state index contributed by atoms with van der Waals surface area (Å²) in [6.07, 6.45) is -0.303. The largest absolute Gasteiger partial charge is 0.451 e. The van der Waals surface area contributed by atoms with Crippen molar-refractivity contribution in [3.05, 3.63) is 69.8 Å². The fourth-order valence-corrected chi connectivity index (χ4v) is 3.40. The summed E-state index contributed by atoms with van der Waals surface area (Å²) in [6, 6.07) is 12.7. The van der Waals surface area contributed by atoms with E-state index in [0.717, 1.165) is 23.7 Å². The molecule has 3 rings (SSSR count). The highest BCUT2D eigenvalue weighted by atomic mass is 16.6. The number of nitro benzene ring substituents is 1. The fourth-order valence-electron chi connectivity index (χ4n) is 3.40. The number of nitrogens with one attached hydrogen (secondary N) is 1. The molecule has 0 fully saturated rings. The molecule has 1 N–H and O–H groups in total. The van der Waals surface area contributed by atoms with E-state index in [-0.39, 0.29) is 23.2 Å². The van der Waals surface area contributed by atoms with Crippen molar-refractivity contribution < 1.29 is 24.0 Å². The van der Waals surface area contributed by atoms with Crippen LogP contribution in [-0.2, 0) is 20.7 Å². The molecule has 2 atom stereocenters. The molecule has 0 aliphatic carbocycles. The number of anilines is 1. The van der Waals surface area contributed by atoms with Gasteiger partial charge in [-0.15, -0.1) is 0 Å². The molecule has 0 spiro atoms. The van der Waals surface area contributed by atoms with Crippen molar-refractivity contribution in [3.63, 3.8) is 0 Å². The summed E-state index contributed by atoms with van der Waals surface area (Å²) >= 11 is 0. The second-order valence-corrected chi connectivity index (χ2v) is 7.01. The van der Waals surface area contributed by atoms with Crippen LogP contribution in [-0.4, -0.2) is 41.4 Å². The highest BCUT2D eigenvalue weighted by Crippen LogP contribution is 2.32. The smallest absolute Gasteiger partial charge is 0.326 e. The molecule has 2 amide bonds. The number of rotatable bonds is 6. The van der Waals surface area contributed by atoms with Crippen LogP contribution in [0.5, 0.6) is 0 Å². The molecule has 0 saturated heterocycles. The first-order valence-electron chi connectivity index (χ1n) is 9.41. The van der Waals surface area contributed by atoms with E-state index in [1.165, 1.54) is 25.1 Å². The zero-order chi connectivity index (χ0) is 21.8. The molecule has 0 aromatic heterocycles. The lowest BCUT2D eigenvalue weighted by Crippen LogP contribution is -2.44. The van der Waals surface area contributed by atoms with Crippen molar-refractivity contribution in [3.8, 4) is 0 Å². The van der Waals surface area contributed by atoms with Gasteiger partial charge in [-0.25, -0.2) is 0 Å². The lowest BCUT2D eigenvalue weighted by molar-refractivity contribution is -0.384. The number of hydrogen-bond donors (Lipinski definition) is 1. The quantitative estimate of drug-likeness (QED) is 0.442. The topological polar surface area (TPSA) is 119 Å². The van der Waals surface area contributed by atoms with Gasteiger partial charge in [0.2, 0.25) is 0 Å². The van der Waals surface area contributed by atoms with Crippen LogP contribution in [0.4, 0.5) is 11.4 Å². The Morgan fingerprint density at radius 3 is 2.70 bits per heavy atom. The summed E-state index contributed by atoms with van der Waals surface area (Å²) in [5.74, 6) is -1.78. The summed E-state index contributed by atoms with van der Waals surface area (Å²) in [6.45, 7) is 2.94. The van der Waals surface area contributed by atoms with Gasteiger partial charge in [-0.3, -0.25) is 24.5 Å². The third-order valence-corrected chi connectivity index (χ3v) is 4.81. The van der Waals surface area contributed by atoms with Crippen molar-refractivity contribution in [2.24, 2.45) is 0 Å². The maximum atomic E-state index is 12.8. The number of carbonyl (C=O) groups excluding carboxylic acids is 3. The fraction of sp³-hybridized carbons (Fsp3) is 0.286. The van der Waals surface area contributed by atoms with E-state index >= 15 is 0 Å². The minimum atomic E-state index is -1.03. The molecule has 9 nitrogen and oxygen atoms in total. The van der Waals surface area contributed by atoms with Crippen LogP contribution in [0.1, 0.15) is 29.8 Å².